The number of morpholine rings is 1. The fraction of sp³-hybridized carbons (Fsp3) is 0.360. The average molecular weight is 453 g/mol. The van der Waals surface area contributed by atoms with Crippen LogP contribution in [0.1, 0.15) is 24.1 Å². The van der Waals surface area contributed by atoms with Crippen molar-refractivity contribution in [3.05, 3.63) is 71.7 Å². The number of para-hydroxylation sites is 1. The molecule has 0 bridgehead atoms. The predicted molar refractivity (Wildman–Crippen MR) is 124 cm³/mol. The first-order valence-electron chi connectivity index (χ1n) is 11.2. The molecule has 2 amide bonds. The SMILES string of the molecule is CC(=O)N[C@@H](Cc1c[nH]c2ccccc12)C(=O)NC[C@H](c1ccc(F)cc1)N1CCOCC1. The quantitative estimate of drug-likeness (QED) is 0.490. The summed E-state index contributed by atoms with van der Waals surface area (Å²) in [4.78, 5) is 30.4. The molecule has 3 aromatic rings. The van der Waals surface area contributed by atoms with Crippen molar-refractivity contribution in [3.63, 3.8) is 0 Å². The third-order valence-electron chi connectivity index (χ3n) is 6.00. The number of hydrogen-bond donors (Lipinski definition) is 3. The zero-order chi connectivity index (χ0) is 23.2. The summed E-state index contributed by atoms with van der Waals surface area (Å²) in [6, 6.07) is 13.4. The molecule has 8 heteroatoms. The molecule has 4 rings (SSSR count). The van der Waals surface area contributed by atoms with Crippen LogP contribution in [0.4, 0.5) is 4.39 Å². The number of hydrogen-bond acceptors (Lipinski definition) is 4. The van der Waals surface area contributed by atoms with Crippen LogP contribution in [-0.4, -0.2) is 60.6 Å². The number of amides is 2. The average Bonchev–Trinajstić information content (AvgIpc) is 3.23. The van der Waals surface area contributed by atoms with Gasteiger partial charge in [-0.1, -0.05) is 30.3 Å². The Morgan fingerprint density at radius 3 is 2.58 bits per heavy atom. The summed E-state index contributed by atoms with van der Waals surface area (Å²) < 4.78 is 18.9. The van der Waals surface area contributed by atoms with Crippen molar-refractivity contribution in [2.75, 3.05) is 32.8 Å². The Hall–Kier alpha value is -3.23. The molecule has 1 aromatic heterocycles. The van der Waals surface area contributed by atoms with Gasteiger partial charge in [-0.3, -0.25) is 14.5 Å². The van der Waals surface area contributed by atoms with Gasteiger partial charge in [-0.05, 0) is 29.3 Å². The van der Waals surface area contributed by atoms with Gasteiger partial charge in [0.05, 0.1) is 19.3 Å². The lowest BCUT2D eigenvalue weighted by Crippen LogP contribution is -2.50. The number of aromatic amines is 1. The third kappa shape index (κ3) is 5.77. The second-order valence-electron chi connectivity index (χ2n) is 8.28. The number of rotatable bonds is 8. The summed E-state index contributed by atoms with van der Waals surface area (Å²) in [5.41, 5.74) is 2.87. The fourth-order valence-electron chi connectivity index (χ4n) is 4.33. The second kappa shape index (κ2) is 10.6. The molecule has 1 aliphatic rings. The molecule has 3 N–H and O–H groups in total. The van der Waals surface area contributed by atoms with E-state index in [4.69, 9.17) is 4.74 Å². The Morgan fingerprint density at radius 2 is 1.85 bits per heavy atom. The van der Waals surface area contributed by atoms with Crippen molar-refractivity contribution in [3.8, 4) is 0 Å². The number of carbonyl (C=O) groups is 2. The first-order chi connectivity index (χ1) is 16.0. The van der Waals surface area contributed by atoms with Gasteiger partial charge in [0.2, 0.25) is 11.8 Å². The molecule has 33 heavy (non-hydrogen) atoms. The number of aromatic nitrogens is 1. The lowest BCUT2D eigenvalue weighted by Gasteiger charge is -2.35. The van der Waals surface area contributed by atoms with Crippen LogP contribution < -0.4 is 10.6 Å². The number of fused-ring (bicyclic) bond motifs is 1. The highest BCUT2D eigenvalue weighted by Gasteiger charge is 2.26. The molecule has 1 saturated heterocycles. The summed E-state index contributed by atoms with van der Waals surface area (Å²) in [6.45, 7) is 4.42. The van der Waals surface area contributed by atoms with E-state index in [0.29, 0.717) is 26.2 Å². The summed E-state index contributed by atoms with van der Waals surface area (Å²) >= 11 is 0. The Labute approximate surface area is 192 Å². The molecule has 2 atom stereocenters. The lowest BCUT2D eigenvalue weighted by atomic mass is 10.0. The number of ether oxygens (including phenoxy) is 1. The minimum Gasteiger partial charge on any atom is -0.379 e. The highest BCUT2D eigenvalue weighted by molar-refractivity contribution is 5.89. The first kappa shape index (κ1) is 22.9. The van der Waals surface area contributed by atoms with Crippen LogP contribution in [0.2, 0.25) is 0 Å². The summed E-state index contributed by atoms with van der Waals surface area (Å²) in [5.74, 6) is -0.818. The van der Waals surface area contributed by atoms with E-state index in [9.17, 15) is 14.0 Å². The third-order valence-corrected chi connectivity index (χ3v) is 6.00. The highest BCUT2D eigenvalue weighted by atomic mass is 19.1. The molecule has 2 heterocycles. The molecule has 1 aliphatic heterocycles. The van der Waals surface area contributed by atoms with Crippen molar-refractivity contribution < 1.29 is 18.7 Å². The van der Waals surface area contributed by atoms with E-state index >= 15 is 0 Å². The molecule has 1 fully saturated rings. The maximum Gasteiger partial charge on any atom is 0.242 e. The second-order valence-corrected chi connectivity index (χ2v) is 8.28. The normalized spacial score (nSPS) is 16.3. The first-order valence-corrected chi connectivity index (χ1v) is 11.2. The van der Waals surface area contributed by atoms with E-state index in [1.54, 1.807) is 12.1 Å². The number of nitrogens with zero attached hydrogens (tertiary/aromatic N) is 1. The highest BCUT2D eigenvalue weighted by Crippen LogP contribution is 2.22. The predicted octanol–water partition coefficient (Wildman–Crippen LogP) is 2.54. The molecule has 2 aromatic carbocycles. The van der Waals surface area contributed by atoms with Crippen molar-refractivity contribution >= 4 is 22.7 Å². The van der Waals surface area contributed by atoms with Gasteiger partial charge in [0.1, 0.15) is 11.9 Å². The van der Waals surface area contributed by atoms with E-state index in [-0.39, 0.29) is 23.7 Å². The molecule has 0 aliphatic carbocycles. The van der Waals surface area contributed by atoms with Crippen molar-refractivity contribution in [1.82, 2.24) is 20.5 Å². The van der Waals surface area contributed by atoms with Gasteiger partial charge < -0.3 is 20.4 Å². The Morgan fingerprint density at radius 1 is 1.12 bits per heavy atom. The van der Waals surface area contributed by atoms with Crippen molar-refractivity contribution in [2.24, 2.45) is 0 Å². The number of nitrogens with one attached hydrogen (secondary N) is 3. The zero-order valence-electron chi connectivity index (χ0n) is 18.6. The minimum absolute atomic E-state index is 0.121. The van der Waals surface area contributed by atoms with Gasteiger partial charge in [0.25, 0.3) is 0 Å². The number of halogens is 1. The van der Waals surface area contributed by atoms with E-state index in [2.05, 4.69) is 20.5 Å². The van der Waals surface area contributed by atoms with Crippen LogP contribution >= 0.6 is 0 Å². The standard InChI is InChI=1S/C25H29FN4O3/c1-17(31)29-23(14-19-15-27-22-5-3-2-4-21(19)22)25(32)28-16-24(30-10-12-33-13-11-30)18-6-8-20(26)9-7-18/h2-9,15,23-24,27H,10-14,16H2,1H3,(H,28,32)(H,29,31)/t23-,24+/m0/s1. The van der Waals surface area contributed by atoms with Gasteiger partial charge in [-0.2, -0.15) is 0 Å². The Bertz CT molecular complexity index is 1090. The molecule has 174 valence electrons. The van der Waals surface area contributed by atoms with Crippen LogP contribution in [0, 0.1) is 5.82 Å². The van der Waals surface area contributed by atoms with Crippen LogP contribution in [-0.2, 0) is 20.7 Å². The molecule has 7 nitrogen and oxygen atoms in total. The number of benzene rings is 2. The maximum absolute atomic E-state index is 13.5. The van der Waals surface area contributed by atoms with Crippen molar-refractivity contribution in [2.45, 2.75) is 25.4 Å². The molecular formula is C25H29FN4O3. The number of carbonyl (C=O) groups excluding carboxylic acids is 2. The van der Waals surface area contributed by atoms with Gasteiger partial charge in [-0.15, -0.1) is 0 Å². The molecule has 0 spiro atoms. The topological polar surface area (TPSA) is 86.5 Å². The van der Waals surface area contributed by atoms with Crippen LogP contribution in [0.15, 0.2) is 54.7 Å². The van der Waals surface area contributed by atoms with E-state index in [1.165, 1.54) is 19.1 Å². The summed E-state index contributed by atoms with van der Waals surface area (Å²) in [6.07, 6.45) is 2.25. The van der Waals surface area contributed by atoms with Gasteiger partial charge in [0, 0.05) is 50.1 Å². The summed E-state index contributed by atoms with van der Waals surface area (Å²) in [5, 5.41) is 6.83. The molecular weight excluding hydrogens is 423 g/mol. The fourth-order valence-corrected chi connectivity index (χ4v) is 4.33. The van der Waals surface area contributed by atoms with E-state index in [0.717, 1.165) is 35.1 Å². The van der Waals surface area contributed by atoms with E-state index in [1.807, 2.05) is 30.5 Å². The number of H-pyrrole nitrogens is 1. The largest absolute Gasteiger partial charge is 0.379 e. The maximum atomic E-state index is 13.5. The summed E-state index contributed by atoms with van der Waals surface area (Å²) in [7, 11) is 0. The van der Waals surface area contributed by atoms with Crippen LogP contribution in [0.3, 0.4) is 0 Å². The molecule has 0 radical (unpaired) electrons. The molecule has 0 saturated carbocycles. The van der Waals surface area contributed by atoms with Gasteiger partial charge >= 0.3 is 0 Å². The lowest BCUT2D eigenvalue weighted by molar-refractivity contribution is -0.128. The Balaban J connectivity index is 1.49. The van der Waals surface area contributed by atoms with Crippen LogP contribution in [0.25, 0.3) is 10.9 Å². The minimum atomic E-state index is -0.708. The van der Waals surface area contributed by atoms with Crippen molar-refractivity contribution in [1.29, 1.82) is 0 Å². The van der Waals surface area contributed by atoms with Gasteiger partial charge in [0.15, 0.2) is 0 Å². The molecule has 0 unspecified atom stereocenters. The smallest absolute Gasteiger partial charge is 0.242 e. The van der Waals surface area contributed by atoms with Gasteiger partial charge in [-0.25, -0.2) is 4.39 Å². The zero-order valence-corrected chi connectivity index (χ0v) is 18.6. The Kier molecular flexibility index (Phi) is 7.36. The van der Waals surface area contributed by atoms with E-state index < -0.39 is 6.04 Å². The monoisotopic (exact) mass is 452 g/mol. The van der Waals surface area contributed by atoms with Crippen LogP contribution in [0.5, 0.6) is 0 Å².